The molecule has 1 rings (SSSR count). The largest absolute Gasteiger partial charge is 0.374 e. The van der Waals surface area contributed by atoms with E-state index in [2.05, 4.69) is 15.0 Å². The number of hydrogen-bond acceptors (Lipinski definition) is 9. The molecule has 0 bridgehead atoms. The van der Waals surface area contributed by atoms with E-state index < -0.39 is 12.5 Å². The van der Waals surface area contributed by atoms with Crippen LogP contribution in [-0.4, -0.2) is 65.3 Å². The van der Waals surface area contributed by atoms with Gasteiger partial charge in [0.1, 0.15) is 31.7 Å². The van der Waals surface area contributed by atoms with E-state index in [4.69, 9.17) is 9.47 Å². The van der Waals surface area contributed by atoms with Gasteiger partial charge in [-0.25, -0.2) is 0 Å². The van der Waals surface area contributed by atoms with Crippen molar-refractivity contribution < 1.29 is 19.7 Å². The highest BCUT2D eigenvalue weighted by atomic mass is 16.5. The fourth-order valence-corrected chi connectivity index (χ4v) is 1.82. The second kappa shape index (κ2) is 8.03. The molecule has 1 heterocycles. The third-order valence-electron chi connectivity index (χ3n) is 2.61. The Kier molecular flexibility index (Phi) is 6.69. The van der Waals surface area contributed by atoms with Crippen LogP contribution in [0.5, 0.6) is 0 Å². The highest BCUT2D eigenvalue weighted by molar-refractivity contribution is 5.39. The summed E-state index contributed by atoms with van der Waals surface area (Å²) in [6.45, 7) is 5.22. The van der Waals surface area contributed by atoms with Crippen LogP contribution >= 0.6 is 0 Å². The van der Waals surface area contributed by atoms with Gasteiger partial charge in [0.2, 0.25) is 11.9 Å². The summed E-state index contributed by atoms with van der Waals surface area (Å²) < 4.78 is 10.2. The molecular weight excluding hydrogens is 278 g/mol. The molecule has 0 spiro atoms. The Bertz CT molecular complexity index is 430. The van der Waals surface area contributed by atoms with Crippen LogP contribution in [0.2, 0.25) is 0 Å². The van der Waals surface area contributed by atoms with Crippen LogP contribution < -0.4 is 9.80 Å². The predicted molar refractivity (Wildman–Crippen MR) is 76.6 cm³/mol. The number of nitrogens with zero attached hydrogens (tertiary/aromatic N) is 5. The van der Waals surface area contributed by atoms with Crippen molar-refractivity contribution >= 4 is 11.9 Å². The summed E-state index contributed by atoms with van der Waals surface area (Å²) in [6.07, 6.45) is -1.89. The van der Waals surface area contributed by atoms with E-state index >= 15 is 0 Å². The second-order valence-corrected chi connectivity index (χ2v) is 4.53. The van der Waals surface area contributed by atoms with Gasteiger partial charge in [0.25, 0.3) is 0 Å². The van der Waals surface area contributed by atoms with Crippen molar-refractivity contribution in [2.24, 2.45) is 0 Å². The normalized spacial score (nSPS) is 13.9. The summed E-state index contributed by atoms with van der Waals surface area (Å²) in [5.74, 6) is 0.978. The van der Waals surface area contributed by atoms with Crippen LogP contribution in [0.4, 0.5) is 11.9 Å². The molecule has 0 radical (unpaired) electrons. The Morgan fingerprint density at radius 1 is 0.952 bits per heavy atom. The van der Waals surface area contributed by atoms with E-state index in [0.29, 0.717) is 11.8 Å². The van der Waals surface area contributed by atoms with Crippen LogP contribution in [0.15, 0.2) is 0 Å². The third kappa shape index (κ3) is 4.74. The molecule has 0 amide bonds. The zero-order chi connectivity index (χ0) is 16.0. The van der Waals surface area contributed by atoms with Gasteiger partial charge < -0.3 is 19.7 Å². The molecule has 9 nitrogen and oxygen atoms in total. The van der Waals surface area contributed by atoms with Gasteiger partial charge in [-0.2, -0.15) is 15.0 Å². The molecule has 120 valence electrons. The van der Waals surface area contributed by atoms with Crippen molar-refractivity contribution in [1.29, 1.82) is 0 Å². The van der Waals surface area contributed by atoms with Crippen LogP contribution in [0.3, 0.4) is 0 Å². The lowest BCUT2D eigenvalue weighted by molar-refractivity contribution is 0.102. The first-order chi connectivity index (χ1) is 9.90. The van der Waals surface area contributed by atoms with Crippen molar-refractivity contribution in [2.45, 2.75) is 33.2 Å². The molecule has 2 atom stereocenters. The van der Waals surface area contributed by atoms with E-state index in [-0.39, 0.29) is 19.4 Å². The summed E-state index contributed by atoms with van der Waals surface area (Å²) in [5.41, 5.74) is 0. The maximum atomic E-state index is 9.77. The molecule has 2 unspecified atom stereocenters. The second-order valence-electron chi connectivity index (χ2n) is 4.53. The number of aromatic nitrogens is 3. The topological polar surface area (TPSA) is 104 Å². The van der Waals surface area contributed by atoms with Crippen molar-refractivity contribution in [3.8, 4) is 0 Å². The van der Waals surface area contributed by atoms with Crippen molar-refractivity contribution in [3.05, 3.63) is 5.82 Å². The van der Waals surface area contributed by atoms with Gasteiger partial charge in [0.15, 0.2) is 0 Å². The van der Waals surface area contributed by atoms with E-state index in [1.165, 1.54) is 18.7 Å². The molecule has 0 aliphatic rings. The van der Waals surface area contributed by atoms with E-state index in [1.54, 1.807) is 26.0 Å². The number of aryl methyl sites for hydroxylation is 1. The average Bonchev–Trinajstić information content (AvgIpc) is 2.36. The van der Waals surface area contributed by atoms with Crippen molar-refractivity contribution in [1.82, 2.24) is 15.0 Å². The van der Waals surface area contributed by atoms with E-state index in [9.17, 15) is 10.2 Å². The van der Waals surface area contributed by atoms with Gasteiger partial charge in [-0.05, 0) is 20.8 Å². The number of anilines is 2. The SMILES string of the molecule is COCN(COC)c1nc(C)nc(N(C(C)O)C(C)O)n1. The molecule has 0 aliphatic heterocycles. The minimum Gasteiger partial charge on any atom is -0.374 e. The maximum Gasteiger partial charge on any atom is 0.234 e. The zero-order valence-electron chi connectivity index (χ0n) is 13.0. The average molecular weight is 301 g/mol. The minimum atomic E-state index is -0.946. The fraction of sp³-hybridized carbons (Fsp3) is 0.750. The highest BCUT2D eigenvalue weighted by Crippen LogP contribution is 2.17. The Balaban J connectivity index is 3.18. The summed E-state index contributed by atoms with van der Waals surface area (Å²) >= 11 is 0. The first-order valence-corrected chi connectivity index (χ1v) is 6.50. The Hall–Kier alpha value is -1.55. The first-order valence-electron chi connectivity index (χ1n) is 6.50. The number of hydrogen-bond donors (Lipinski definition) is 2. The van der Waals surface area contributed by atoms with Crippen molar-refractivity contribution in [3.63, 3.8) is 0 Å². The Morgan fingerprint density at radius 3 is 1.86 bits per heavy atom. The number of aliphatic hydroxyl groups excluding tert-OH is 2. The lowest BCUT2D eigenvalue weighted by Crippen LogP contribution is -2.42. The van der Waals surface area contributed by atoms with Gasteiger partial charge in [0, 0.05) is 14.2 Å². The number of rotatable bonds is 8. The molecule has 9 heteroatoms. The molecular formula is C12H23N5O4. The van der Waals surface area contributed by atoms with Gasteiger partial charge in [-0.3, -0.25) is 9.80 Å². The van der Waals surface area contributed by atoms with E-state index in [1.807, 2.05) is 0 Å². The molecule has 1 aromatic heterocycles. The summed E-state index contributed by atoms with van der Waals surface area (Å²) in [4.78, 5) is 15.6. The third-order valence-corrected chi connectivity index (χ3v) is 2.61. The molecule has 2 N–H and O–H groups in total. The summed E-state index contributed by atoms with van der Waals surface area (Å²) in [6, 6.07) is 0. The van der Waals surface area contributed by atoms with Gasteiger partial charge in [0.05, 0.1) is 0 Å². The van der Waals surface area contributed by atoms with E-state index in [0.717, 1.165) is 0 Å². The van der Waals surface area contributed by atoms with Crippen LogP contribution in [0.25, 0.3) is 0 Å². The highest BCUT2D eigenvalue weighted by Gasteiger charge is 2.22. The maximum absolute atomic E-state index is 9.77. The summed E-state index contributed by atoms with van der Waals surface area (Å²) in [5, 5.41) is 19.5. The predicted octanol–water partition coefficient (Wildman–Crippen LogP) is -0.323. The number of ether oxygens (including phenoxy) is 2. The fourth-order valence-electron chi connectivity index (χ4n) is 1.82. The lowest BCUT2D eigenvalue weighted by Gasteiger charge is -2.29. The zero-order valence-corrected chi connectivity index (χ0v) is 13.0. The Labute approximate surface area is 124 Å². The molecule has 0 saturated heterocycles. The monoisotopic (exact) mass is 301 g/mol. The van der Waals surface area contributed by atoms with Gasteiger partial charge in [-0.1, -0.05) is 0 Å². The van der Waals surface area contributed by atoms with Crippen LogP contribution in [0, 0.1) is 6.92 Å². The van der Waals surface area contributed by atoms with Gasteiger partial charge in [-0.15, -0.1) is 0 Å². The first kappa shape index (κ1) is 17.5. The molecule has 0 aliphatic carbocycles. The number of methoxy groups -OCH3 is 2. The lowest BCUT2D eigenvalue weighted by atomic mass is 10.4. The molecule has 1 aromatic rings. The van der Waals surface area contributed by atoms with Crippen LogP contribution in [-0.2, 0) is 9.47 Å². The molecule has 0 fully saturated rings. The quantitative estimate of drug-likeness (QED) is 0.625. The standard InChI is InChI=1S/C12H23N5O4/c1-8-13-11(16(6-20-4)7-21-5)15-12(14-8)17(9(2)18)10(3)19/h9-10,18-19H,6-7H2,1-5H3. The summed E-state index contributed by atoms with van der Waals surface area (Å²) in [7, 11) is 3.10. The molecule has 0 saturated carbocycles. The van der Waals surface area contributed by atoms with Crippen LogP contribution in [0.1, 0.15) is 19.7 Å². The molecule has 0 aromatic carbocycles. The van der Waals surface area contributed by atoms with Crippen molar-refractivity contribution in [2.75, 3.05) is 37.5 Å². The van der Waals surface area contributed by atoms with Gasteiger partial charge >= 0.3 is 0 Å². The molecule has 21 heavy (non-hydrogen) atoms. The Morgan fingerprint density at radius 2 is 1.43 bits per heavy atom. The minimum absolute atomic E-state index is 0.180. The number of aliphatic hydroxyl groups is 2. The smallest absolute Gasteiger partial charge is 0.234 e.